The number of imidazole rings is 1. The average molecular weight is 192 g/mol. The van der Waals surface area contributed by atoms with E-state index in [1.807, 2.05) is 10.6 Å². The number of hydrogen-bond donors (Lipinski definition) is 0. The summed E-state index contributed by atoms with van der Waals surface area (Å²) >= 11 is 0. The molecule has 2 aromatic rings. The SMILES string of the molecule is Cc1cc2ncn(CCF)c2cc1C. The molecule has 0 aliphatic carbocycles. The van der Waals surface area contributed by atoms with E-state index in [0.717, 1.165) is 11.0 Å². The Morgan fingerprint density at radius 3 is 2.71 bits per heavy atom. The van der Waals surface area contributed by atoms with Gasteiger partial charge >= 0.3 is 0 Å². The van der Waals surface area contributed by atoms with Crippen LogP contribution in [-0.4, -0.2) is 16.2 Å². The van der Waals surface area contributed by atoms with Crippen LogP contribution >= 0.6 is 0 Å². The van der Waals surface area contributed by atoms with Crippen LogP contribution in [0.25, 0.3) is 11.0 Å². The van der Waals surface area contributed by atoms with Crippen molar-refractivity contribution in [2.45, 2.75) is 20.4 Å². The molecule has 14 heavy (non-hydrogen) atoms. The van der Waals surface area contributed by atoms with E-state index in [4.69, 9.17) is 0 Å². The number of hydrogen-bond acceptors (Lipinski definition) is 1. The Labute approximate surface area is 82.4 Å². The maximum absolute atomic E-state index is 12.2. The normalized spacial score (nSPS) is 11.1. The lowest BCUT2D eigenvalue weighted by Gasteiger charge is -2.03. The Morgan fingerprint density at radius 2 is 2.00 bits per heavy atom. The molecule has 0 saturated heterocycles. The quantitative estimate of drug-likeness (QED) is 0.715. The highest BCUT2D eigenvalue weighted by Crippen LogP contribution is 2.18. The van der Waals surface area contributed by atoms with Crippen LogP contribution < -0.4 is 0 Å². The van der Waals surface area contributed by atoms with E-state index in [1.54, 1.807) is 6.33 Å². The average Bonchev–Trinajstić information content (AvgIpc) is 2.51. The fourth-order valence-electron chi connectivity index (χ4n) is 1.58. The third-order valence-corrected chi connectivity index (χ3v) is 2.56. The van der Waals surface area contributed by atoms with E-state index in [1.165, 1.54) is 11.1 Å². The van der Waals surface area contributed by atoms with Crippen molar-refractivity contribution < 1.29 is 4.39 Å². The third-order valence-electron chi connectivity index (χ3n) is 2.56. The van der Waals surface area contributed by atoms with Crippen LogP contribution in [0.2, 0.25) is 0 Å². The van der Waals surface area contributed by atoms with E-state index in [0.29, 0.717) is 6.54 Å². The highest BCUT2D eigenvalue weighted by molar-refractivity contribution is 5.77. The Morgan fingerprint density at radius 1 is 1.29 bits per heavy atom. The summed E-state index contributed by atoms with van der Waals surface area (Å²) in [4.78, 5) is 4.24. The van der Waals surface area contributed by atoms with Crippen LogP contribution in [-0.2, 0) is 6.54 Å². The molecule has 1 heterocycles. The molecule has 0 spiro atoms. The van der Waals surface area contributed by atoms with Gasteiger partial charge in [-0.2, -0.15) is 0 Å². The minimum Gasteiger partial charge on any atom is -0.328 e. The molecule has 74 valence electrons. The lowest BCUT2D eigenvalue weighted by molar-refractivity contribution is 0.450. The maximum atomic E-state index is 12.2. The van der Waals surface area contributed by atoms with Crippen LogP contribution in [0.15, 0.2) is 18.5 Å². The lowest BCUT2D eigenvalue weighted by atomic mass is 10.1. The molecule has 1 aromatic carbocycles. The van der Waals surface area contributed by atoms with E-state index in [-0.39, 0.29) is 6.67 Å². The molecule has 0 bridgehead atoms. The topological polar surface area (TPSA) is 17.8 Å². The Bertz CT molecular complexity index is 460. The minimum atomic E-state index is -0.349. The van der Waals surface area contributed by atoms with Crippen molar-refractivity contribution in [1.29, 1.82) is 0 Å². The summed E-state index contributed by atoms with van der Waals surface area (Å²) < 4.78 is 14.1. The van der Waals surface area contributed by atoms with Crippen LogP contribution in [0.5, 0.6) is 0 Å². The summed E-state index contributed by atoms with van der Waals surface area (Å²) in [5, 5.41) is 0. The molecule has 2 rings (SSSR count). The molecule has 0 saturated carbocycles. The molecule has 0 N–H and O–H groups in total. The Kier molecular flexibility index (Phi) is 2.23. The van der Waals surface area contributed by atoms with Gasteiger partial charge in [0.15, 0.2) is 0 Å². The molecule has 0 fully saturated rings. The molecule has 2 nitrogen and oxygen atoms in total. The fraction of sp³-hybridized carbons (Fsp3) is 0.364. The highest BCUT2D eigenvalue weighted by Gasteiger charge is 2.04. The highest BCUT2D eigenvalue weighted by atomic mass is 19.1. The van der Waals surface area contributed by atoms with Gasteiger partial charge in [0.1, 0.15) is 6.67 Å². The summed E-state index contributed by atoms with van der Waals surface area (Å²) in [5.74, 6) is 0. The van der Waals surface area contributed by atoms with Crippen LogP contribution in [0.1, 0.15) is 11.1 Å². The maximum Gasteiger partial charge on any atom is 0.107 e. The van der Waals surface area contributed by atoms with Crippen molar-refractivity contribution in [2.75, 3.05) is 6.67 Å². The van der Waals surface area contributed by atoms with Crippen molar-refractivity contribution >= 4 is 11.0 Å². The first-order valence-corrected chi connectivity index (χ1v) is 4.70. The number of alkyl halides is 1. The second kappa shape index (κ2) is 3.40. The van der Waals surface area contributed by atoms with Gasteiger partial charge in [0.25, 0.3) is 0 Å². The number of rotatable bonds is 2. The van der Waals surface area contributed by atoms with Gasteiger partial charge in [0.2, 0.25) is 0 Å². The molecule has 0 amide bonds. The summed E-state index contributed by atoms with van der Waals surface area (Å²) in [7, 11) is 0. The minimum absolute atomic E-state index is 0.349. The molecule has 0 radical (unpaired) electrons. The monoisotopic (exact) mass is 192 g/mol. The van der Waals surface area contributed by atoms with E-state index in [2.05, 4.69) is 24.9 Å². The van der Waals surface area contributed by atoms with Gasteiger partial charge in [0.05, 0.1) is 23.9 Å². The molecular formula is C11H13FN2. The predicted molar refractivity (Wildman–Crippen MR) is 55.2 cm³/mol. The zero-order chi connectivity index (χ0) is 10.1. The number of halogens is 1. The number of nitrogens with zero attached hydrogens (tertiary/aromatic N) is 2. The zero-order valence-electron chi connectivity index (χ0n) is 8.42. The lowest BCUT2D eigenvalue weighted by Crippen LogP contribution is -1.97. The van der Waals surface area contributed by atoms with E-state index >= 15 is 0 Å². The summed E-state index contributed by atoms with van der Waals surface area (Å²) in [6.45, 7) is 4.15. The standard InChI is InChI=1S/C11H13FN2/c1-8-5-10-11(6-9(8)2)14(4-3-12)7-13-10/h5-7H,3-4H2,1-2H3. The van der Waals surface area contributed by atoms with Gasteiger partial charge in [-0.3, -0.25) is 0 Å². The number of aryl methyl sites for hydroxylation is 3. The van der Waals surface area contributed by atoms with Crippen molar-refractivity contribution in [3.05, 3.63) is 29.6 Å². The van der Waals surface area contributed by atoms with Crippen LogP contribution in [0.3, 0.4) is 0 Å². The molecule has 1 aromatic heterocycles. The van der Waals surface area contributed by atoms with Gasteiger partial charge in [-0.15, -0.1) is 0 Å². The summed E-state index contributed by atoms with van der Waals surface area (Å²) in [6.07, 6.45) is 1.70. The van der Waals surface area contributed by atoms with Crippen LogP contribution in [0.4, 0.5) is 4.39 Å². The largest absolute Gasteiger partial charge is 0.328 e. The smallest absolute Gasteiger partial charge is 0.107 e. The summed E-state index contributed by atoms with van der Waals surface area (Å²) in [6, 6.07) is 4.10. The predicted octanol–water partition coefficient (Wildman–Crippen LogP) is 2.62. The van der Waals surface area contributed by atoms with Crippen molar-refractivity contribution in [3.8, 4) is 0 Å². The van der Waals surface area contributed by atoms with Crippen molar-refractivity contribution in [2.24, 2.45) is 0 Å². The Hall–Kier alpha value is -1.38. The second-order valence-corrected chi connectivity index (χ2v) is 3.55. The zero-order valence-corrected chi connectivity index (χ0v) is 8.42. The van der Waals surface area contributed by atoms with Gasteiger partial charge in [-0.05, 0) is 37.1 Å². The third kappa shape index (κ3) is 1.39. The van der Waals surface area contributed by atoms with Gasteiger partial charge in [0, 0.05) is 0 Å². The molecule has 0 aliphatic rings. The molecule has 0 aliphatic heterocycles. The van der Waals surface area contributed by atoms with Gasteiger partial charge in [-0.25, -0.2) is 9.37 Å². The van der Waals surface area contributed by atoms with Crippen molar-refractivity contribution in [3.63, 3.8) is 0 Å². The second-order valence-electron chi connectivity index (χ2n) is 3.55. The van der Waals surface area contributed by atoms with E-state index in [9.17, 15) is 4.39 Å². The first kappa shape index (κ1) is 9.19. The molecule has 0 unspecified atom stereocenters. The van der Waals surface area contributed by atoms with Gasteiger partial charge < -0.3 is 4.57 Å². The fourth-order valence-corrected chi connectivity index (χ4v) is 1.58. The first-order valence-electron chi connectivity index (χ1n) is 4.70. The van der Waals surface area contributed by atoms with Gasteiger partial charge in [-0.1, -0.05) is 0 Å². The molecule has 0 atom stereocenters. The molecular weight excluding hydrogens is 179 g/mol. The summed E-state index contributed by atoms with van der Waals surface area (Å²) in [5.41, 5.74) is 4.41. The van der Waals surface area contributed by atoms with Crippen LogP contribution in [0, 0.1) is 13.8 Å². The van der Waals surface area contributed by atoms with Crippen molar-refractivity contribution in [1.82, 2.24) is 9.55 Å². The number of aromatic nitrogens is 2. The Balaban J connectivity index is 2.61. The number of benzene rings is 1. The molecule has 3 heteroatoms. The number of fused-ring (bicyclic) bond motifs is 1. The first-order chi connectivity index (χ1) is 6.72. The van der Waals surface area contributed by atoms with E-state index < -0.39 is 0 Å².